The highest BCUT2D eigenvalue weighted by Gasteiger charge is 2.22. The number of piperidine rings is 1. The van der Waals surface area contributed by atoms with Crippen LogP contribution in [0, 0.1) is 5.92 Å². The predicted octanol–water partition coefficient (Wildman–Crippen LogP) is 0.651. The van der Waals surface area contributed by atoms with Crippen LogP contribution in [-0.4, -0.2) is 63.7 Å². The molecular weight excluding hydrogens is 254 g/mol. The van der Waals surface area contributed by atoms with Gasteiger partial charge in [-0.3, -0.25) is 0 Å². The van der Waals surface area contributed by atoms with E-state index in [4.69, 9.17) is 10.5 Å². The monoisotopic (exact) mass is 285 g/mol. The van der Waals surface area contributed by atoms with Crippen molar-refractivity contribution in [3.8, 4) is 0 Å². The second kappa shape index (κ2) is 12.0. The molecule has 2 saturated heterocycles. The summed E-state index contributed by atoms with van der Waals surface area (Å²) in [6.07, 6.45) is 4.58. The summed E-state index contributed by atoms with van der Waals surface area (Å²) in [5, 5.41) is 3.01. The van der Waals surface area contributed by atoms with Crippen LogP contribution in [0.2, 0.25) is 0 Å². The minimum atomic E-state index is 0.0231. The Labute approximate surface area is 123 Å². The molecule has 0 unspecified atom stereocenters. The first-order chi connectivity index (χ1) is 9.69. The summed E-state index contributed by atoms with van der Waals surface area (Å²) in [5.74, 6) is 0.807. The first-order valence-electron chi connectivity index (χ1n) is 7.29. The van der Waals surface area contributed by atoms with E-state index in [-0.39, 0.29) is 12.1 Å². The third-order valence-corrected chi connectivity index (χ3v) is 3.79. The maximum absolute atomic E-state index is 10.2. The number of rotatable bonds is 3. The van der Waals surface area contributed by atoms with E-state index in [0.29, 0.717) is 0 Å². The Bertz CT molecular complexity index is 243. The predicted molar refractivity (Wildman–Crippen MR) is 83.8 cm³/mol. The molecule has 5 heteroatoms. The van der Waals surface area contributed by atoms with Gasteiger partial charge in [0, 0.05) is 13.7 Å². The van der Waals surface area contributed by atoms with Crippen molar-refractivity contribution in [3.05, 3.63) is 13.2 Å². The van der Waals surface area contributed by atoms with Crippen LogP contribution >= 0.6 is 0 Å². The number of hydrogen-bond acceptors (Lipinski definition) is 5. The third kappa shape index (κ3) is 7.75. The van der Waals surface area contributed by atoms with Gasteiger partial charge in [-0.25, -0.2) is 0 Å². The molecule has 2 heterocycles. The number of carbonyl (C=O) groups excluding carboxylic acids is 1. The molecule has 20 heavy (non-hydrogen) atoms. The molecule has 2 aliphatic heterocycles. The summed E-state index contributed by atoms with van der Waals surface area (Å²) in [5.41, 5.74) is 5.53. The van der Waals surface area contributed by atoms with Gasteiger partial charge >= 0.3 is 0 Å². The highest BCUT2D eigenvalue weighted by Crippen LogP contribution is 2.13. The molecule has 2 aliphatic rings. The van der Waals surface area contributed by atoms with Crippen molar-refractivity contribution in [1.82, 2.24) is 10.2 Å². The molecule has 0 aliphatic carbocycles. The Morgan fingerprint density at radius 2 is 2.00 bits per heavy atom. The van der Waals surface area contributed by atoms with E-state index in [2.05, 4.69) is 30.4 Å². The van der Waals surface area contributed by atoms with Crippen molar-refractivity contribution in [2.75, 3.05) is 40.3 Å². The van der Waals surface area contributed by atoms with Crippen LogP contribution in [0.3, 0.4) is 0 Å². The Hall–Kier alpha value is -0.750. The van der Waals surface area contributed by atoms with Crippen molar-refractivity contribution in [3.63, 3.8) is 0 Å². The number of nitrogens with two attached hydrogens (primary N) is 1. The second-order valence-electron chi connectivity index (χ2n) is 5.23. The van der Waals surface area contributed by atoms with Gasteiger partial charge in [0.05, 0.1) is 12.1 Å². The van der Waals surface area contributed by atoms with Gasteiger partial charge in [-0.2, -0.15) is 0 Å². The Morgan fingerprint density at radius 1 is 1.40 bits per heavy atom. The molecular formula is C15H31N3O2. The SMILES string of the molecule is C=C.CN1CCC(CN)CC1.CO[C@H]1CN[C@@H](C=O)C1. The van der Waals surface area contributed by atoms with Crippen LogP contribution in [0.25, 0.3) is 0 Å². The fraction of sp³-hybridized carbons (Fsp3) is 0.800. The van der Waals surface area contributed by atoms with Crippen LogP contribution < -0.4 is 11.1 Å². The number of hydrogen-bond donors (Lipinski definition) is 2. The summed E-state index contributed by atoms with van der Waals surface area (Å²) in [6, 6.07) is 0.0231. The highest BCUT2D eigenvalue weighted by atomic mass is 16.5. The summed E-state index contributed by atoms with van der Waals surface area (Å²) in [6.45, 7) is 10.2. The molecule has 118 valence electrons. The first kappa shape index (κ1) is 19.2. The van der Waals surface area contributed by atoms with Gasteiger partial charge in [0.1, 0.15) is 6.29 Å². The van der Waals surface area contributed by atoms with Crippen molar-refractivity contribution in [2.24, 2.45) is 11.7 Å². The molecule has 5 nitrogen and oxygen atoms in total. The van der Waals surface area contributed by atoms with E-state index in [9.17, 15) is 4.79 Å². The lowest BCUT2D eigenvalue weighted by Crippen LogP contribution is -2.33. The van der Waals surface area contributed by atoms with Gasteiger partial charge in [-0.15, -0.1) is 13.2 Å². The van der Waals surface area contributed by atoms with Crippen LogP contribution in [0.5, 0.6) is 0 Å². The number of nitrogens with one attached hydrogen (secondary N) is 1. The van der Waals surface area contributed by atoms with Crippen LogP contribution in [0.1, 0.15) is 19.3 Å². The van der Waals surface area contributed by atoms with E-state index in [1.165, 1.54) is 25.9 Å². The van der Waals surface area contributed by atoms with Crippen molar-refractivity contribution in [1.29, 1.82) is 0 Å². The largest absolute Gasteiger partial charge is 0.380 e. The van der Waals surface area contributed by atoms with Gasteiger partial charge in [0.25, 0.3) is 0 Å². The van der Waals surface area contributed by atoms with Gasteiger partial charge < -0.3 is 25.5 Å². The molecule has 0 radical (unpaired) electrons. The average molecular weight is 285 g/mol. The van der Waals surface area contributed by atoms with Gasteiger partial charge in [-0.05, 0) is 51.9 Å². The van der Waals surface area contributed by atoms with Gasteiger partial charge in [-0.1, -0.05) is 0 Å². The Balaban J connectivity index is 0.000000321. The molecule has 2 atom stereocenters. The Morgan fingerprint density at radius 3 is 2.35 bits per heavy atom. The first-order valence-corrected chi connectivity index (χ1v) is 7.29. The molecule has 0 spiro atoms. The Kier molecular flexibility index (Phi) is 11.6. The van der Waals surface area contributed by atoms with Crippen LogP contribution in [0.15, 0.2) is 13.2 Å². The summed E-state index contributed by atoms with van der Waals surface area (Å²) >= 11 is 0. The van der Waals surface area contributed by atoms with Crippen LogP contribution in [0.4, 0.5) is 0 Å². The molecule has 0 amide bonds. The minimum Gasteiger partial charge on any atom is -0.380 e. The second-order valence-corrected chi connectivity index (χ2v) is 5.23. The molecule has 0 saturated carbocycles. The van der Waals surface area contributed by atoms with Crippen molar-refractivity contribution in [2.45, 2.75) is 31.4 Å². The lowest BCUT2D eigenvalue weighted by atomic mass is 9.98. The zero-order chi connectivity index (χ0) is 15.4. The maximum atomic E-state index is 10.2. The summed E-state index contributed by atoms with van der Waals surface area (Å²) in [7, 11) is 3.84. The number of aldehydes is 1. The summed E-state index contributed by atoms with van der Waals surface area (Å²) in [4.78, 5) is 12.5. The molecule has 3 N–H and O–H groups in total. The van der Waals surface area contributed by atoms with Crippen molar-refractivity contribution < 1.29 is 9.53 Å². The van der Waals surface area contributed by atoms with Gasteiger partial charge in [0.2, 0.25) is 0 Å². The number of likely N-dealkylation sites (tertiary alicyclic amines) is 1. The lowest BCUT2D eigenvalue weighted by Gasteiger charge is -2.27. The molecule has 2 fully saturated rings. The highest BCUT2D eigenvalue weighted by molar-refractivity contribution is 5.58. The topological polar surface area (TPSA) is 67.6 Å². The molecule has 0 aromatic heterocycles. The quantitative estimate of drug-likeness (QED) is 0.589. The van der Waals surface area contributed by atoms with E-state index in [1.54, 1.807) is 7.11 Å². The zero-order valence-corrected chi connectivity index (χ0v) is 13.0. The fourth-order valence-electron chi connectivity index (χ4n) is 2.31. The number of carbonyl (C=O) groups is 1. The molecule has 0 aromatic rings. The van der Waals surface area contributed by atoms with E-state index >= 15 is 0 Å². The minimum absolute atomic E-state index is 0.0231. The smallest absolute Gasteiger partial charge is 0.136 e. The zero-order valence-electron chi connectivity index (χ0n) is 13.0. The summed E-state index contributed by atoms with van der Waals surface area (Å²) < 4.78 is 5.02. The van der Waals surface area contributed by atoms with Crippen LogP contribution in [-0.2, 0) is 9.53 Å². The number of nitrogens with zero attached hydrogens (tertiary/aromatic N) is 1. The number of ether oxygens (including phenoxy) is 1. The van der Waals surface area contributed by atoms with E-state index < -0.39 is 0 Å². The number of methoxy groups -OCH3 is 1. The maximum Gasteiger partial charge on any atom is 0.136 e. The van der Waals surface area contributed by atoms with Crippen molar-refractivity contribution >= 4 is 6.29 Å². The molecule has 0 bridgehead atoms. The van der Waals surface area contributed by atoms with Gasteiger partial charge in [0.15, 0.2) is 0 Å². The molecule has 0 aromatic carbocycles. The van der Waals surface area contributed by atoms with E-state index in [1.807, 2.05) is 0 Å². The third-order valence-electron chi connectivity index (χ3n) is 3.79. The van der Waals surface area contributed by atoms with E-state index in [0.717, 1.165) is 31.7 Å². The lowest BCUT2D eigenvalue weighted by molar-refractivity contribution is -0.109. The average Bonchev–Trinajstić information content (AvgIpc) is 2.99. The normalized spacial score (nSPS) is 26.9. The molecule has 2 rings (SSSR count). The standard InChI is InChI=1S/C7H16N2.C6H11NO2.C2H4/c1-9-4-2-7(6-8)3-5-9;1-9-6-2-5(4-8)7-3-6;1-2/h7H,2-6,8H2,1H3;4-7H,2-3H2,1H3;1-2H2/t;5-,6-;/m.1./s1. The fourth-order valence-corrected chi connectivity index (χ4v) is 2.31.